The highest BCUT2D eigenvalue weighted by Crippen LogP contribution is 2.34. The summed E-state index contributed by atoms with van der Waals surface area (Å²) in [4.78, 5) is 27.8. The molecule has 3 aromatic carbocycles. The number of carbonyl (C=O) groups is 2. The van der Waals surface area contributed by atoms with Gasteiger partial charge in [0, 0.05) is 61.4 Å². The van der Waals surface area contributed by atoms with Gasteiger partial charge in [-0.05, 0) is 99.2 Å². The Hall–Kier alpha value is -4.28. The van der Waals surface area contributed by atoms with Gasteiger partial charge in [0.25, 0.3) is 5.91 Å². The predicted molar refractivity (Wildman–Crippen MR) is 179 cm³/mol. The molecule has 3 amide bonds. The van der Waals surface area contributed by atoms with E-state index in [-0.39, 0.29) is 24.1 Å². The van der Waals surface area contributed by atoms with E-state index in [9.17, 15) is 9.59 Å². The number of urea groups is 1. The average molecular weight is 631 g/mol. The number of anilines is 2. The fraction of sp³-hybridized carbons (Fsp3) is 0.444. The van der Waals surface area contributed by atoms with Gasteiger partial charge in [-0.2, -0.15) is 0 Å². The largest absolute Gasteiger partial charge is 0.493 e. The van der Waals surface area contributed by atoms with Crippen molar-refractivity contribution in [1.29, 1.82) is 0 Å². The first-order chi connectivity index (χ1) is 22.4. The molecule has 0 saturated carbocycles. The number of ether oxygens (including phenoxy) is 4. The number of likely N-dealkylation sites (tertiary alicyclic amines) is 1. The number of hydrogen-bond donors (Lipinski definition) is 3. The zero-order valence-corrected chi connectivity index (χ0v) is 27.1. The van der Waals surface area contributed by atoms with Gasteiger partial charge in [0.05, 0.1) is 7.11 Å². The van der Waals surface area contributed by atoms with E-state index in [0.29, 0.717) is 40.2 Å². The Balaban J connectivity index is 1.09. The van der Waals surface area contributed by atoms with E-state index in [1.165, 1.54) is 0 Å². The highest BCUT2D eigenvalue weighted by atomic mass is 16.5. The Kier molecular flexibility index (Phi) is 11.7. The summed E-state index contributed by atoms with van der Waals surface area (Å²) in [7, 11) is 1.55. The minimum absolute atomic E-state index is 0.124. The van der Waals surface area contributed by atoms with Crippen molar-refractivity contribution in [3.05, 3.63) is 72.3 Å². The van der Waals surface area contributed by atoms with Gasteiger partial charge in [-0.15, -0.1) is 0 Å². The SMILES string of the molecule is CCC(CC)NC(=O)Nc1ccc(Oc2ccc(NC(=O)c3ccc(OC4CCN(C5CCOCC5)CC4)cc3)cc2)c(OC)c1. The fourth-order valence-electron chi connectivity index (χ4n) is 5.90. The summed E-state index contributed by atoms with van der Waals surface area (Å²) in [5.41, 5.74) is 1.79. The lowest BCUT2D eigenvalue weighted by atomic mass is 10.0. The van der Waals surface area contributed by atoms with Crippen LogP contribution in [-0.4, -0.2) is 68.4 Å². The quantitative estimate of drug-likeness (QED) is 0.196. The molecule has 5 rings (SSSR count). The first-order valence-electron chi connectivity index (χ1n) is 16.4. The smallest absolute Gasteiger partial charge is 0.319 e. The van der Waals surface area contributed by atoms with E-state index in [1.54, 1.807) is 61.7 Å². The number of piperidine rings is 1. The van der Waals surface area contributed by atoms with Gasteiger partial charge < -0.3 is 34.9 Å². The van der Waals surface area contributed by atoms with Crippen LogP contribution in [0.25, 0.3) is 0 Å². The van der Waals surface area contributed by atoms with Gasteiger partial charge in [0.1, 0.15) is 17.6 Å². The third-order valence-corrected chi connectivity index (χ3v) is 8.69. The topological polar surface area (TPSA) is 110 Å². The molecule has 10 nitrogen and oxygen atoms in total. The number of hydrogen-bond acceptors (Lipinski definition) is 7. The summed E-state index contributed by atoms with van der Waals surface area (Å²) in [6.45, 7) is 7.92. The minimum atomic E-state index is -0.261. The maximum absolute atomic E-state index is 12.9. The molecular weight excluding hydrogens is 584 g/mol. The summed E-state index contributed by atoms with van der Waals surface area (Å²) in [5, 5.41) is 8.73. The van der Waals surface area contributed by atoms with Crippen LogP contribution in [0.15, 0.2) is 66.7 Å². The molecule has 2 aliphatic heterocycles. The zero-order valence-electron chi connectivity index (χ0n) is 27.1. The van der Waals surface area contributed by atoms with Crippen molar-refractivity contribution in [2.75, 3.05) is 44.0 Å². The molecule has 3 N–H and O–H groups in total. The third kappa shape index (κ3) is 9.14. The Bertz CT molecular complexity index is 1410. The van der Waals surface area contributed by atoms with Crippen LogP contribution in [0.4, 0.5) is 16.2 Å². The van der Waals surface area contributed by atoms with E-state index < -0.39 is 0 Å². The molecule has 0 atom stereocenters. The van der Waals surface area contributed by atoms with Gasteiger partial charge in [-0.3, -0.25) is 9.69 Å². The second-order valence-corrected chi connectivity index (χ2v) is 11.8. The van der Waals surface area contributed by atoms with Crippen molar-refractivity contribution < 1.29 is 28.5 Å². The van der Waals surface area contributed by atoms with Gasteiger partial charge in [0.2, 0.25) is 0 Å². The molecule has 3 aromatic rings. The fourth-order valence-corrected chi connectivity index (χ4v) is 5.90. The maximum Gasteiger partial charge on any atom is 0.319 e. The van der Waals surface area contributed by atoms with Crippen molar-refractivity contribution >= 4 is 23.3 Å². The van der Waals surface area contributed by atoms with Gasteiger partial charge in [-0.1, -0.05) is 13.8 Å². The van der Waals surface area contributed by atoms with Crippen molar-refractivity contribution in [3.63, 3.8) is 0 Å². The van der Waals surface area contributed by atoms with Crippen LogP contribution in [0, 0.1) is 0 Å². The molecule has 10 heteroatoms. The van der Waals surface area contributed by atoms with Crippen LogP contribution in [-0.2, 0) is 4.74 Å². The number of rotatable bonds is 12. The standard InChI is InChI=1S/C36H46N4O6/c1-4-26(5-2)38-36(42)39-28-10-15-33(34(24-28)43-3)46-31-13-8-27(9-14-31)37-35(41)25-6-11-30(12-7-25)45-32-16-20-40(21-17-32)29-18-22-44-23-19-29/h6-15,24,26,29,32H,4-5,16-23H2,1-3H3,(H,37,41)(H2,38,39,42). The number of methoxy groups -OCH3 is 1. The number of nitrogens with zero attached hydrogens (tertiary/aromatic N) is 1. The molecule has 2 saturated heterocycles. The number of nitrogens with one attached hydrogen (secondary N) is 3. The Morgan fingerprint density at radius 2 is 1.48 bits per heavy atom. The highest BCUT2D eigenvalue weighted by molar-refractivity contribution is 6.04. The first-order valence-corrected chi connectivity index (χ1v) is 16.4. The van der Waals surface area contributed by atoms with Gasteiger partial charge in [-0.25, -0.2) is 4.79 Å². The molecular formula is C36H46N4O6. The predicted octanol–water partition coefficient (Wildman–Crippen LogP) is 7.07. The van der Waals surface area contributed by atoms with Crippen molar-refractivity contribution in [3.8, 4) is 23.0 Å². The van der Waals surface area contributed by atoms with Gasteiger partial charge in [0.15, 0.2) is 11.5 Å². The van der Waals surface area contributed by atoms with Gasteiger partial charge >= 0.3 is 6.03 Å². The van der Waals surface area contributed by atoms with E-state index in [1.807, 2.05) is 26.0 Å². The molecule has 0 bridgehead atoms. The Morgan fingerprint density at radius 3 is 2.13 bits per heavy atom. The van der Waals surface area contributed by atoms with Crippen LogP contribution >= 0.6 is 0 Å². The van der Waals surface area contributed by atoms with E-state index in [2.05, 4.69) is 20.9 Å². The number of amides is 3. The second-order valence-electron chi connectivity index (χ2n) is 11.8. The molecule has 0 aromatic heterocycles. The summed E-state index contributed by atoms with van der Waals surface area (Å²) >= 11 is 0. The lowest BCUT2D eigenvalue weighted by Crippen LogP contribution is -2.46. The highest BCUT2D eigenvalue weighted by Gasteiger charge is 2.27. The van der Waals surface area contributed by atoms with Crippen molar-refractivity contribution in [1.82, 2.24) is 10.2 Å². The van der Waals surface area contributed by atoms with E-state index >= 15 is 0 Å². The molecule has 0 aliphatic carbocycles. The average Bonchev–Trinajstić information content (AvgIpc) is 3.09. The molecule has 2 heterocycles. The van der Waals surface area contributed by atoms with Crippen molar-refractivity contribution in [2.24, 2.45) is 0 Å². The summed E-state index contributed by atoms with van der Waals surface area (Å²) < 4.78 is 23.3. The summed E-state index contributed by atoms with van der Waals surface area (Å²) in [6, 6.07) is 20.1. The molecule has 2 fully saturated rings. The monoisotopic (exact) mass is 630 g/mol. The van der Waals surface area contributed by atoms with Crippen molar-refractivity contribution in [2.45, 2.75) is 70.6 Å². The van der Waals surface area contributed by atoms with E-state index in [4.69, 9.17) is 18.9 Å². The van der Waals surface area contributed by atoms with E-state index in [0.717, 1.165) is 70.6 Å². The lowest BCUT2D eigenvalue weighted by molar-refractivity contribution is 0.0101. The zero-order chi connectivity index (χ0) is 32.3. The lowest BCUT2D eigenvalue weighted by Gasteiger charge is -2.39. The van der Waals surface area contributed by atoms with Crippen LogP contribution in [0.2, 0.25) is 0 Å². The molecule has 0 radical (unpaired) electrons. The first kappa shape index (κ1) is 33.1. The summed E-state index contributed by atoms with van der Waals surface area (Å²) in [5.74, 6) is 2.13. The minimum Gasteiger partial charge on any atom is -0.493 e. The number of benzene rings is 3. The van der Waals surface area contributed by atoms with Crippen LogP contribution in [0.5, 0.6) is 23.0 Å². The molecule has 2 aliphatic rings. The number of carbonyl (C=O) groups excluding carboxylic acids is 2. The molecule has 246 valence electrons. The second kappa shape index (κ2) is 16.3. The summed E-state index contributed by atoms with van der Waals surface area (Å²) in [6.07, 6.45) is 6.17. The molecule has 46 heavy (non-hydrogen) atoms. The molecule has 0 spiro atoms. The Labute approximate surface area is 271 Å². The third-order valence-electron chi connectivity index (χ3n) is 8.69. The Morgan fingerprint density at radius 1 is 0.826 bits per heavy atom. The normalized spacial score (nSPS) is 16.1. The van der Waals surface area contributed by atoms with Crippen LogP contribution in [0.1, 0.15) is 62.7 Å². The maximum atomic E-state index is 12.9. The molecule has 0 unspecified atom stereocenters. The van der Waals surface area contributed by atoms with Crippen LogP contribution < -0.4 is 30.2 Å². The van der Waals surface area contributed by atoms with Crippen LogP contribution in [0.3, 0.4) is 0 Å².